The minimum Gasteiger partial charge on any atom is -0.465 e. The number of nitriles is 1. The second kappa shape index (κ2) is 4.38. The fourth-order valence-corrected chi connectivity index (χ4v) is 0.981. The summed E-state index contributed by atoms with van der Waals surface area (Å²) in [4.78, 5) is 11.0. The highest BCUT2D eigenvalue weighted by molar-refractivity contribution is 5.89. The fourth-order valence-electron chi connectivity index (χ4n) is 0.981. The molecule has 0 saturated carbocycles. The number of benzene rings is 1. The molecule has 3 nitrogen and oxygen atoms in total. The standard InChI is InChI=1S/C10H8FNO2/c1-14-10(13)8-4-2-7(3-5-8)9(11)6-12/h2-5,9H,1H3. The zero-order chi connectivity index (χ0) is 10.6. The van der Waals surface area contributed by atoms with E-state index >= 15 is 0 Å². The maximum Gasteiger partial charge on any atom is 0.337 e. The van der Waals surface area contributed by atoms with Crippen LogP contribution in [0.2, 0.25) is 0 Å². The number of rotatable bonds is 2. The van der Waals surface area contributed by atoms with Crippen LogP contribution in [0, 0.1) is 11.3 Å². The van der Waals surface area contributed by atoms with Gasteiger partial charge in [0.05, 0.1) is 12.7 Å². The predicted molar refractivity (Wildman–Crippen MR) is 47.2 cm³/mol. The van der Waals surface area contributed by atoms with Crippen LogP contribution in [-0.2, 0) is 4.74 Å². The Balaban J connectivity index is 2.90. The van der Waals surface area contributed by atoms with Gasteiger partial charge in [0.15, 0.2) is 0 Å². The summed E-state index contributed by atoms with van der Waals surface area (Å²) in [5.74, 6) is -0.482. The van der Waals surface area contributed by atoms with E-state index in [0.29, 0.717) is 5.56 Å². The number of carbonyl (C=O) groups is 1. The average molecular weight is 193 g/mol. The molecule has 14 heavy (non-hydrogen) atoms. The fraction of sp³-hybridized carbons (Fsp3) is 0.200. The van der Waals surface area contributed by atoms with E-state index in [1.54, 1.807) is 0 Å². The molecule has 1 aromatic rings. The van der Waals surface area contributed by atoms with Crippen molar-refractivity contribution in [3.63, 3.8) is 0 Å². The quantitative estimate of drug-likeness (QED) is 0.675. The minimum atomic E-state index is -1.65. The third kappa shape index (κ3) is 2.07. The lowest BCUT2D eigenvalue weighted by molar-refractivity contribution is 0.0600. The van der Waals surface area contributed by atoms with E-state index in [4.69, 9.17) is 5.26 Å². The number of hydrogen-bond donors (Lipinski definition) is 0. The van der Waals surface area contributed by atoms with E-state index in [-0.39, 0.29) is 5.56 Å². The average Bonchev–Trinajstić information content (AvgIpc) is 2.27. The van der Waals surface area contributed by atoms with Gasteiger partial charge in [-0.1, -0.05) is 12.1 Å². The molecule has 0 aliphatic heterocycles. The van der Waals surface area contributed by atoms with Gasteiger partial charge in [0.25, 0.3) is 0 Å². The van der Waals surface area contributed by atoms with Crippen LogP contribution in [0.25, 0.3) is 0 Å². The van der Waals surface area contributed by atoms with Crippen LogP contribution in [0.1, 0.15) is 22.1 Å². The van der Waals surface area contributed by atoms with Crippen molar-refractivity contribution in [2.24, 2.45) is 0 Å². The molecule has 0 N–H and O–H groups in total. The zero-order valence-corrected chi connectivity index (χ0v) is 7.53. The van der Waals surface area contributed by atoms with Crippen molar-refractivity contribution in [2.45, 2.75) is 6.17 Å². The second-order valence-corrected chi connectivity index (χ2v) is 2.61. The van der Waals surface area contributed by atoms with E-state index in [2.05, 4.69) is 4.74 Å². The highest BCUT2D eigenvalue weighted by atomic mass is 19.1. The monoisotopic (exact) mass is 193 g/mol. The molecule has 0 amide bonds. The number of ether oxygens (including phenoxy) is 1. The largest absolute Gasteiger partial charge is 0.465 e. The summed E-state index contributed by atoms with van der Waals surface area (Å²) in [7, 11) is 1.27. The summed E-state index contributed by atoms with van der Waals surface area (Å²) in [6.07, 6.45) is -1.65. The Bertz CT molecular complexity index is 367. The van der Waals surface area contributed by atoms with Crippen LogP contribution < -0.4 is 0 Å². The van der Waals surface area contributed by atoms with Gasteiger partial charge >= 0.3 is 5.97 Å². The lowest BCUT2D eigenvalue weighted by Gasteiger charge is -2.01. The number of alkyl halides is 1. The molecule has 0 spiro atoms. The molecule has 1 unspecified atom stereocenters. The highest BCUT2D eigenvalue weighted by Gasteiger charge is 2.09. The van der Waals surface area contributed by atoms with Crippen molar-refractivity contribution >= 4 is 5.97 Å². The van der Waals surface area contributed by atoms with Crippen molar-refractivity contribution in [3.05, 3.63) is 35.4 Å². The van der Waals surface area contributed by atoms with Crippen molar-refractivity contribution in [2.75, 3.05) is 7.11 Å². The van der Waals surface area contributed by atoms with Gasteiger partial charge in [-0.3, -0.25) is 0 Å². The van der Waals surface area contributed by atoms with E-state index in [9.17, 15) is 9.18 Å². The van der Waals surface area contributed by atoms with Crippen LogP contribution >= 0.6 is 0 Å². The second-order valence-electron chi connectivity index (χ2n) is 2.61. The zero-order valence-electron chi connectivity index (χ0n) is 7.53. The molecule has 72 valence electrons. The van der Waals surface area contributed by atoms with E-state index in [0.717, 1.165) is 0 Å². The topological polar surface area (TPSA) is 50.1 Å². The van der Waals surface area contributed by atoms with Crippen molar-refractivity contribution in [1.82, 2.24) is 0 Å². The summed E-state index contributed by atoms with van der Waals surface area (Å²) < 4.78 is 17.3. The number of halogens is 1. The molecular weight excluding hydrogens is 185 g/mol. The van der Waals surface area contributed by atoms with Gasteiger partial charge in [-0.15, -0.1) is 0 Å². The van der Waals surface area contributed by atoms with Gasteiger partial charge in [-0.05, 0) is 12.1 Å². The third-order valence-corrected chi connectivity index (χ3v) is 1.74. The molecule has 0 bridgehead atoms. The Kier molecular flexibility index (Phi) is 3.19. The Labute approximate surface area is 80.7 Å². The van der Waals surface area contributed by atoms with Gasteiger partial charge in [0.1, 0.15) is 6.07 Å². The molecule has 0 aromatic heterocycles. The Morgan fingerprint density at radius 2 is 2.07 bits per heavy atom. The Morgan fingerprint density at radius 1 is 1.50 bits per heavy atom. The molecule has 0 radical (unpaired) electrons. The number of nitrogens with zero attached hydrogens (tertiary/aromatic N) is 1. The first-order valence-electron chi connectivity index (χ1n) is 3.91. The summed E-state index contributed by atoms with van der Waals surface area (Å²) in [5, 5.41) is 8.30. The van der Waals surface area contributed by atoms with Crippen molar-refractivity contribution in [3.8, 4) is 6.07 Å². The molecule has 1 rings (SSSR count). The molecular formula is C10H8FNO2. The summed E-state index contributed by atoms with van der Waals surface area (Å²) in [6, 6.07) is 7.08. The predicted octanol–water partition coefficient (Wildman–Crippen LogP) is 2.01. The van der Waals surface area contributed by atoms with Crippen LogP contribution in [0.4, 0.5) is 4.39 Å². The number of hydrogen-bond acceptors (Lipinski definition) is 3. The molecule has 0 heterocycles. The first-order valence-corrected chi connectivity index (χ1v) is 3.91. The van der Waals surface area contributed by atoms with Crippen LogP contribution in [0.15, 0.2) is 24.3 Å². The lowest BCUT2D eigenvalue weighted by Crippen LogP contribution is -2.01. The van der Waals surface area contributed by atoms with E-state index in [1.807, 2.05) is 0 Å². The maximum atomic E-state index is 12.8. The molecule has 1 atom stereocenters. The highest BCUT2D eigenvalue weighted by Crippen LogP contribution is 2.16. The Morgan fingerprint density at radius 3 is 2.50 bits per heavy atom. The number of carbonyl (C=O) groups excluding carboxylic acids is 1. The van der Waals surface area contributed by atoms with Gasteiger partial charge in [-0.25, -0.2) is 9.18 Å². The number of esters is 1. The third-order valence-electron chi connectivity index (χ3n) is 1.74. The first kappa shape index (κ1) is 10.2. The molecule has 0 aliphatic rings. The van der Waals surface area contributed by atoms with E-state index < -0.39 is 12.1 Å². The normalized spacial score (nSPS) is 11.5. The summed E-state index contributed by atoms with van der Waals surface area (Å²) >= 11 is 0. The van der Waals surface area contributed by atoms with Crippen molar-refractivity contribution in [1.29, 1.82) is 5.26 Å². The van der Waals surface area contributed by atoms with Crippen molar-refractivity contribution < 1.29 is 13.9 Å². The maximum absolute atomic E-state index is 12.8. The van der Waals surface area contributed by atoms with Gasteiger partial charge in [-0.2, -0.15) is 5.26 Å². The summed E-state index contributed by atoms with van der Waals surface area (Å²) in [5.41, 5.74) is 0.571. The Hall–Kier alpha value is -1.89. The molecule has 0 aliphatic carbocycles. The first-order chi connectivity index (χ1) is 6.69. The van der Waals surface area contributed by atoms with Crippen LogP contribution in [0.3, 0.4) is 0 Å². The smallest absolute Gasteiger partial charge is 0.337 e. The molecule has 0 saturated heterocycles. The molecule has 1 aromatic carbocycles. The van der Waals surface area contributed by atoms with Gasteiger partial charge in [0, 0.05) is 5.56 Å². The molecule has 4 heteroatoms. The SMILES string of the molecule is COC(=O)c1ccc(C(F)C#N)cc1. The van der Waals surface area contributed by atoms with Gasteiger partial charge in [0.2, 0.25) is 6.17 Å². The minimum absolute atomic E-state index is 0.236. The number of methoxy groups -OCH3 is 1. The summed E-state index contributed by atoms with van der Waals surface area (Å²) in [6.45, 7) is 0. The van der Waals surface area contributed by atoms with E-state index in [1.165, 1.54) is 37.4 Å². The molecule has 0 fully saturated rings. The van der Waals surface area contributed by atoms with Crippen LogP contribution in [-0.4, -0.2) is 13.1 Å². The van der Waals surface area contributed by atoms with Gasteiger partial charge < -0.3 is 4.74 Å². The van der Waals surface area contributed by atoms with Crippen LogP contribution in [0.5, 0.6) is 0 Å². The lowest BCUT2D eigenvalue weighted by atomic mass is 10.1.